The standard InChI is InChI=1S/C21H33N5/c1-6-22-21(23-12-11-19-14-24-26(5)15-19)25-17(4)20-9-7-18(8-10-20)13-16(2)3/h7-10,14-17H,6,11-13H2,1-5H3,(H2,22,23,25). The molecule has 0 saturated heterocycles. The van der Waals surface area contributed by atoms with Gasteiger partial charge in [0, 0.05) is 26.3 Å². The molecule has 0 fully saturated rings. The van der Waals surface area contributed by atoms with Crippen LogP contribution in [0.5, 0.6) is 0 Å². The smallest absolute Gasteiger partial charge is 0.191 e. The average Bonchev–Trinajstić information content (AvgIpc) is 3.00. The number of aromatic nitrogens is 2. The van der Waals surface area contributed by atoms with Crippen molar-refractivity contribution < 1.29 is 0 Å². The largest absolute Gasteiger partial charge is 0.357 e. The summed E-state index contributed by atoms with van der Waals surface area (Å²) in [7, 11) is 1.94. The summed E-state index contributed by atoms with van der Waals surface area (Å²) in [5.41, 5.74) is 3.88. The fourth-order valence-corrected chi connectivity index (χ4v) is 2.92. The van der Waals surface area contributed by atoms with Crippen molar-refractivity contribution in [3.63, 3.8) is 0 Å². The van der Waals surface area contributed by atoms with Gasteiger partial charge in [0.25, 0.3) is 0 Å². The first kappa shape index (κ1) is 20.0. The van der Waals surface area contributed by atoms with E-state index in [0.29, 0.717) is 5.92 Å². The summed E-state index contributed by atoms with van der Waals surface area (Å²) in [5, 5.41) is 11.0. The van der Waals surface area contributed by atoms with E-state index in [1.807, 2.05) is 24.1 Å². The van der Waals surface area contributed by atoms with Crippen molar-refractivity contribution in [1.82, 2.24) is 20.4 Å². The van der Waals surface area contributed by atoms with E-state index in [1.54, 1.807) is 0 Å². The van der Waals surface area contributed by atoms with Crippen LogP contribution in [0.3, 0.4) is 0 Å². The van der Waals surface area contributed by atoms with Crippen molar-refractivity contribution in [3.8, 4) is 0 Å². The number of hydrogen-bond donors (Lipinski definition) is 2. The molecule has 142 valence electrons. The van der Waals surface area contributed by atoms with Crippen molar-refractivity contribution in [2.75, 3.05) is 13.1 Å². The Morgan fingerprint density at radius 3 is 2.46 bits per heavy atom. The van der Waals surface area contributed by atoms with Gasteiger partial charge in [-0.3, -0.25) is 9.67 Å². The summed E-state index contributed by atoms with van der Waals surface area (Å²) in [5.74, 6) is 1.54. The predicted octanol–water partition coefficient (Wildman–Crippen LogP) is 3.48. The van der Waals surface area contributed by atoms with E-state index in [0.717, 1.165) is 31.9 Å². The lowest BCUT2D eigenvalue weighted by Crippen LogP contribution is -2.38. The van der Waals surface area contributed by atoms with Crippen LogP contribution in [0.15, 0.2) is 41.7 Å². The van der Waals surface area contributed by atoms with Crippen molar-refractivity contribution in [2.45, 2.75) is 46.6 Å². The average molecular weight is 356 g/mol. The molecular weight excluding hydrogens is 322 g/mol. The molecular formula is C21H33N5. The molecule has 1 aromatic carbocycles. The minimum absolute atomic E-state index is 0.208. The summed E-state index contributed by atoms with van der Waals surface area (Å²) in [6, 6.07) is 9.11. The fraction of sp³-hybridized carbons (Fsp3) is 0.524. The van der Waals surface area contributed by atoms with Gasteiger partial charge in [-0.1, -0.05) is 38.1 Å². The Balaban J connectivity index is 1.93. The van der Waals surface area contributed by atoms with E-state index in [-0.39, 0.29) is 6.04 Å². The summed E-state index contributed by atoms with van der Waals surface area (Å²) in [6.45, 7) is 10.3. The van der Waals surface area contributed by atoms with Gasteiger partial charge >= 0.3 is 0 Å². The number of nitrogens with zero attached hydrogens (tertiary/aromatic N) is 3. The highest BCUT2D eigenvalue weighted by atomic mass is 15.2. The third-order valence-corrected chi connectivity index (χ3v) is 4.25. The predicted molar refractivity (Wildman–Crippen MR) is 109 cm³/mol. The second kappa shape index (κ2) is 10.00. The van der Waals surface area contributed by atoms with Crippen LogP contribution in [0.25, 0.3) is 0 Å². The third kappa shape index (κ3) is 6.54. The van der Waals surface area contributed by atoms with Crippen LogP contribution in [0, 0.1) is 5.92 Å². The van der Waals surface area contributed by atoms with Gasteiger partial charge in [0.15, 0.2) is 5.96 Å². The molecule has 5 heteroatoms. The second-order valence-corrected chi connectivity index (χ2v) is 7.24. The van der Waals surface area contributed by atoms with Gasteiger partial charge in [-0.05, 0) is 49.3 Å². The normalized spacial score (nSPS) is 13.1. The highest BCUT2D eigenvalue weighted by molar-refractivity contribution is 5.80. The molecule has 1 heterocycles. The lowest BCUT2D eigenvalue weighted by molar-refractivity contribution is 0.645. The lowest BCUT2D eigenvalue weighted by Gasteiger charge is -2.18. The maximum Gasteiger partial charge on any atom is 0.191 e. The number of benzene rings is 1. The van der Waals surface area contributed by atoms with Gasteiger partial charge in [-0.2, -0.15) is 5.10 Å². The van der Waals surface area contributed by atoms with Gasteiger partial charge in [0.1, 0.15) is 0 Å². The number of aliphatic imine (C=N–C) groups is 1. The van der Waals surface area contributed by atoms with Crippen molar-refractivity contribution in [2.24, 2.45) is 18.0 Å². The molecule has 0 amide bonds. The molecule has 0 radical (unpaired) electrons. The second-order valence-electron chi connectivity index (χ2n) is 7.24. The Labute approximate surface area is 157 Å². The van der Waals surface area contributed by atoms with Gasteiger partial charge in [0.2, 0.25) is 0 Å². The summed E-state index contributed by atoms with van der Waals surface area (Å²) in [6.07, 6.45) is 5.96. The van der Waals surface area contributed by atoms with E-state index >= 15 is 0 Å². The zero-order valence-corrected chi connectivity index (χ0v) is 16.8. The molecule has 0 aliphatic heterocycles. The Kier molecular flexibility index (Phi) is 7.70. The molecule has 5 nitrogen and oxygen atoms in total. The van der Waals surface area contributed by atoms with E-state index in [9.17, 15) is 0 Å². The molecule has 0 bridgehead atoms. The lowest BCUT2D eigenvalue weighted by atomic mass is 10.00. The van der Waals surface area contributed by atoms with E-state index in [1.165, 1.54) is 16.7 Å². The maximum atomic E-state index is 4.70. The maximum absolute atomic E-state index is 4.70. The van der Waals surface area contributed by atoms with E-state index < -0.39 is 0 Å². The molecule has 1 unspecified atom stereocenters. The molecule has 0 aliphatic carbocycles. The zero-order valence-electron chi connectivity index (χ0n) is 16.8. The molecule has 1 aromatic heterocycles. The Morgan fingerprint density at radius 2 is 1.88 bits per heavy atom. The van der Waals surface area contributed by atoms with E-state index in [2.05, 4.69) is 67.7 Å². The summed E-state index contributed by atoms with van der Waals surface area (Å²) >= 11 is 0. The van der Waals surface area contributed by atoms with Crippen molar-refractivity contribution in [1.29, 1.82) is 0 Å². The molecule has 2 aromatic rings. The third-order valence-electron chi connectivity index (χ3n) is 4.25. The minimum atomic E-state index is 0.208. The van der Waals surface area contributed by atoms with Crippen LogP contribution in [0.4, 0.5) is 0 Å². The van der Waals surface area contributed by atoms with E-state index in [4.69, 9.17) is 4.99 Å². The topological polar surface area (TPSA) is 54.2 Å². The highest BCUT2D eigenvalue weighted by Gasteiger charge is 2.08. The number of hydrogen-bond acceptors (Lipinski definition) is 2. The first-order valence-corrected chi connectivity index (χ1v) is 9.59. The molecule has 0 spiro atoms. The molecule has 0 aliphatic rings. The minimum Gasteiger partial charge on any atom is -0.357 e. The highest BCUT2D eigenvalue weighted by Crippen LogP contribution is 2.15. The fourth-order valence-electron chi connectivity index (χ4n) is 2.92. The SMILES string of the molecule is CCNC(=NCCc1cnn(C)c1)NC(C)c1ccc(CC(C)C)cc1. The number of aryl methyl sites for hydroxylation is 1. The molecule has 2 rings (SSSR count). The summed E-state index contributed by atoms with van der Waals surface area (Å²) < 4.78 is 1.83. The van der Waals surface area contributed by atoms with Crippen LogP contribution >= 0.6 is 0 Å². The Morgan fingerprint density at radius 1 is 1.15 bits per heavy atom. The van der Waals surface area contributed by atoms with Crippen LogP contribution in [-0.4, -0.2) is 28.8 Å². The molecule has 26 heavy (non-hydrogen) atoms. The summed E-state index contributed by atoms with van der Waals surface area (Å²) in [4.78, 5) is 4.70. The van der Waals surface area contributed by atoms with Crippen LogP contribution in [0.1, 0.15) is 50.4 Å². The van der Waals surface area contributed by atoms with Crippen LogP contribution in [0.2, 0.25) is 0 Å². The molecule has 0 saturated carbocycles. The number of rotatable bonds is 8. The van der Waals surface area contributed by atoms with Gasteiger partial charge in [-0.15, -0.1) is 0 Å². The Hall–Kier alpha value is -2.30. The zero-order chi connectivity index (χ0) is 18.9. The number of nitrogens with one attached hydrogen (secondary N) is 2. The first-order chi connectivity index (χ1) is 12.5. The van der Waals surface area contributed by atoms with Crippen molar-refractivity contribution in [3.05, 3.63) is 53.3 Å². The van der Waals surface area contributed by atoms with Gasteiger partial charge < -0.3 is 10.6 Å². The van der Waals surface area contributed by atoms with Crippen LogP contribution < -0.4 is 10.6 Å². The van der Waals surface area contributed by atoms with Crippen LogP contribution in [-0.2, 0) is 19.9 Å². The quantitative estimate of drug-likeness (QED) is 0.563. The Bertz CT molecular complexity index is 685. The number of guanidine groups is 1. The first-order valence-electron chi connectivity index (χ1n) is 9.59. The monoisotopic (exact) mass is 355 g/mol. The van der Waals surface area contributed by atoms with Gasteiger partial charge in [-0.25, -0.2) is 0 Å². The van der Waals surface area contributed by atoms with Gasteiger partial charge in [0.05, 0.1) is 12.2 Å². The molecule has 1 atom stereocenters. The van der Waals surface area contributed by atoms with Crippen molar-refractivity contribution >= 4 is 5.96 Å². The molecule has 2 N–H and O–H groups in total.